The molecule has 0 bridgehead atoms. The van der Waals surface area contributed by atoms with Crippen LogP contribution in [0, 0.1) is 11.8 Å². The first kappa shape index (κ1) is 9.72. The second kappa shape index (κ2) is 4.04. The van der Waals surface area contributed by atoms with Crippen LogP contribution in [-0.4, -0.2) is 17.0 Å². The van der Waals surface area contributed by atoms with Gasteiger partial charge >= 0.3 is 0 Å². The van der Waals surface area contributed by atoms with Crippen LogP contribution in [0.2, 0.25) is 0 Å². The van der Waals surface area contributed by atoms with Gasteiger partial charge in [0.2, 0.25) is 0 Å². The molecular weight excluding hydrogens is 152 g/mol. The van der Waals surface area contributed by atoms with E-state index in [1.165, 1.54) is 0 Å². The van der Waals surface area contributed by atoms with Crippen LogP contribution >= 0.6 is 0 Å². The largest absolute Gasteiger partial charge is 0.392 e. The minimum Gasteiger partial charge on any atom is -0.392 e. The number of carbonyl (C=O) groups excluding carboxylic acids is 1. The fourth-order valence-electron chi connectivity index (χ4n) is 1.87. The van der Waals surface area contributed by atoms with Crippen LogP contribution in [0.1, 0.15) is 39.5 Å². The van der Waals surface area contributed by atoms with Crippen molar-refractivity contribution in [3.8, 4) is 0 Å². The highest BCUT2D eigenvalue weighted by Gasteiger charge is 2.30. The average Bonchev–Trinajstić information content (AvgIpc) is 2.04. The molecule has 0 radical (unpaired) electrons. The van der Waals surface area contributed by atoms with Gasteiger partial charge in [0.25, 0.3) is 0 Å². The molecule has 1 rings (SSSR count). The van der Waals surface area contributed by atoms with Crippen LogP contribution in [0.25, 0.3) is 0 Å². The Morgan fingerprint density at radius 2 is 1.92 bits per heavy atom. The van der Waals surface area contributed by atoms with Crippen LogP contribution in [0.4, 0.5) is 0 Å². The zero-order valence-electron chi connectivity index (χ0n) is 7.92. The molecule has 0 amide bonds. The predicted molar refractivity (Wildman–Crippen MR) is 47.8 cm³/mol. The maximum absolute atomic E-state index is 11.5. The summed E-state index contributed by atoms with van der Waals surface area (Å²) in [5, 5.41) is 9.57. The van der Waals surface area contributed by atoms with Crippen molar-refractivity contribution in [3.63, 3.8) is 0 Å². The fourth-order valence-corrected chi connectivity index (χ4v) is 1.87. The summed E-state index contributed by atoms with van der Waals surface area (Å²) >= 11 is 0. The molecule has 0 aliphatic heterocycles. The quantitative estimate of drug-likeness (QED) is 0.685. The first-order valence-corrected chi connectivity index (χ1v) is 4.84. The van der Waals surface area contributed by atoms with Crippen molar-refractivity contribution < 1.29 is 9.90 Å². The molecule has 0 heterocycles. The van der Waals surface area contributed by atoms with Crippen molar-refractivity contribution in [2.45, 2.75) is 45.6 Å². The number of Topliss-reactive ketones (excluding diaryl/α,β-unsaturated/α-hetero) is 1. The van der Waals surface area contributed by atoms with E-state index in [1.54, 1.807) is 0 Å². The Balaban J connectivity index is 2.53. The zero-order chi connectivity index (χ0) is 9.14. The van der Waals surface area contributed by atoms with E-state index in [-0.39, 0.29) is 23.7 Å². The average molecular weight is 170 g/mol. The van der Waals surface area contributed by atoms with Crippen molar-refractivity contribution in [3.05, 3.63) is 0 Å². The van der Waals surface area contributed by atoms with Gasteiger partial charge in [0.15, 0.2) is 0 Å². The number of hydrogen-bond acceptors (Lipinski definition) is 2. The van der Waals surface area contributed by atoms with Crippen molar-refractivity contribution >= 4 is 5.78 Å². The first-order chi connectivity index (χ1) is 5.63. The number of aliphatic hydroxyl groups is 1. The van der Waals surface area contributed by atoms with Crippen molar-refractivity contribution in [2.75, 3.05) is 0 Å². The summed E-state index contributed by atoms with van der Waals surface area (Å²) in [6.07, 6.45) is 3.50. The van der Waals surface area contributed by atoms with Crippen LogP contribution in [0.15, 0.2) is 0 Å². The molecule has 2 nitrogen and oxygen atoms in total. The van der Waals surface area contributed by atoms with Gasteiger partial charge in [-0.05, 0) is 12.8 Å². The van der Waals surface area contributed by atoms with E-state index < -0.39 is 0 Å². The summed E-state index contributed by atoms with van der Waals surface area (Å²) in [4.78, 5) is 11.5. The molecule has 12 heavy (non-hydrogen) atoms. The van der Waals surface area contributed by atoms with E-state index in [0.717, 1.165) is 25.7 Å². The molecular formula is C10H18O2. The summed E-state index contributed by atoms with van der Waals surface area (Å²) in [6.45, 7) is 3.81. The summed E-state index contributed by atoms with van der Waals surface area (Å²) in [5.41, 5.74) is 0. The van der Waals surface area contributed by atoms with Gasteiger partial charge in [-0.3, -0.25) is 4.79 Å². The highest BCUT2D eigenvalue weighted by Crippen LogP contribution is 2.26. The minimum atomic E-state index is -0.367. The highest BCUT2D eigenvalue weighted by atomic mass is 16.3. The molecule has 0 saturated heterocycles. The third-order valence-corrected chi connectivity index (χ3v) is 2.66. The van der Waals surface area contributed by atoms with Gasteiger partial charge in [-0.25, -0.2) is 0 Å². The normalized spacial score (nSPS) is 30.7. The molecule has 0 spiro atoms. The van der Waals surface area contributed by atoms with Crippen molar-refractivity contribution in [1.29, 1.82) is 0 Å². The number of carbonyl (C=O) groups is 1. The Morgan fingerprint density at radius 1 is 1.33 bits per heavy atom. The Kier molecular flexibility index (Phi) is 3.27. The summed E-state index contributed by atoms with van der Waals surface area (Å²) in [5.74, 6) is 0.240. The van der Waals surface area contributed by atoms with Crippen molar-refractivity contribution in [2.24, 2.45) is 11.8 Å². The lowest BCUT2D eigenvalue weighted by atomic mass is 9.80. The maximum Gasteiger partial charge on any atom is 0.141 e. The molecule has 70 valence electrons. The van der Waals surface area contributed by atoms with E-state index in [0.29, 0.717) is 0 Å². The van der Waals surface area contributed by atoms with Gasteiger partial charge in [0.05, 0.1) is 6.10 Å². The molecule has 2 heteroatoms. The Morgan fingerprint density at radius 3 is 2.42 bits per heavy atom. The van der Waals surface area contributed by atoms with E-state index in [2.05, 4.69) is 0 Å². The lowest BCUT2D eigenvalue weighted by Gasteiger charge is -2.27. The van der Waals surface area contributed by atoms with Crippen LogP contribution in [0.3, 0.4) is 0 Å². The molecule has 0 aromatic heterocycles. The Labute approximate surface area is 74.0 Å². The zero-order valence-corrected chi connectivity index (χ0v) is 7.92. The Hall–Kier alpha value is -0.370. The lowest BCUT2D eigenvalue weighted by Crippen LogP contribution is -2.33. The summed E-state index contributed by atoms with van der Waals surface area (Å²) in [7, 11) is 0. The predicted octanol–water partition coefficient (Wildman–Crippen LogP) is 1.76. The second-order valence-corrected chi connectivity index (χ2v) is 4.02. The van der Waals surface area contributed by atoms with Gasteiger partial charge in [-0.15, -0.1) is 0 Å². The van der Waals surface area contributed by atoms with E-state index in [1.807, 2.05) is 13.8 Å². The molecule has 2 unspecified atom stereocenters. The van der Waals surface area contributed by atoms with Crippen LogP contribution in [0.5, 0.6) is 0 Å². The Bertz CT molecular complexity index is 163. The SMILES string of the molecule is CC(C)C(=O)C1CCCCC1O. The van der Waals surface area contributed by atoms with Gasteiger partial charge in [-0.1, -0.05) is 26.7 Å². The van der Waals surface area contributed by atoms with E-state index >= 15 is 0 Å². The molecule has 1 aliphatic carbocycles. The molecule has 1 saturated carbocycles. The number of aliphatic hydroxyl groups excluding tert-OH is 1. The van der Waals surface area contributed by atoms with Crippen LogP contribution in [-0.2, 0) is 4.79 Å². The number of hydrogen-bond donors (Lipinski definition) is 1. The van der Waals surface area contributed by atoms with Gasteiger partial charge in [0.1, 0.15) is 5.78 Å². The monoisotopic (exact) mass is 170 g/mol. The third kappa shape index (κ3) is 2.07. The number of ketones is 1. The molecule has 0 aromatic carbocycles. The maximum atomic E-state index is 11.5. The lowest BCUT2D eigenvalue weighted by molar-refractivity contribution is -0.130. The van der Waals surface area contributed by atoms with Crippen molar-refractivity contribution in [1.82, 2.24) is 0 Å². The minimum absolute atomic E-state index is 0.0706. The first-order valence-electron chi connectivity index (χ1n) is 4.84. The topological polar surface area (TPSA) is 37.3 Å². The van der Waals surface area contributed by atoms with E-state index in [4.69, 9.17) is 0 Å². The second-order valence-electron chi connectivity index (χ2n) is 4.02. The van der Waals surface area contributed by atoms with E-state index in [9.17, 15) is 9.90 Å². The molecule has 1 fully saturated rings. The molecule has 1 aliphatic rings. The van der Waals surface area contributed by atoms with Crippen LogP contribution < -0.4 is 0 Å². The molecule has 2 atom stereocenters. The summed E-state index contributed by atoms with van der Waals surface area (Å²) < 4.78 is 0. The third-order valence-electron chi connectivity index (χ3n) is 2.66. The van der Waals surface area contributed by atoms with Gasteiger partial charge in [0, 0.05) is 11.8 Å². The summed E-state index contributed by atoms with van der Waals surface area (Å²) in [6, 6.07) is 0. The standard InChI is InChI=1S/C10H18O2/c1-7(2)10(12)8-5-3-4-6-9(8)11/h7-9,11H,3-6H2,1-2H3. The van der Waals surface area contributed by atoms with Gasteiger partial charge < -0.3 is 5.11 Å². The fraction of sp³-hybridized carbons (Fsp3) is 0.900. The molecule has 0 aromatic rings. The highest BCUT2D eigenvalue weighted by molar-refractivity contribution is 5.83. The number of rotatable bonds is 2. The molecule has 1 N–H and O–H groups in total. The smallest absolute Gasteiger partial charge is 0.141 e. The van der Waals surface area contributed by atoms with Gasteiger partial charge in [-0.2, -0.15) is 0 Å².